The summed E-state index contributed by atoms with van der Waals surface area (Å²) in [5, 5.41) is 0. The SMILES string of the molecule is CCCCCN1C(=O)c2ccccc2S1(=O)=O.S. The molecule has 0 aromatic heterocycles. The lowest BCUT2D eigenvalue weighted by Crippen LogP contribution is -2.30. The molecule has 6 heteroatoms. The van der Waals surface area contributed by atoms with E-state index in [1.54, 1.807) is 18.2 Å². The van der Waals surface area contributed by atoms with E-state index in [0.717, 1.165) is 23.6 Å². The average molecular weight is 287 g/mol. The minimum atomic E-state index is -3.59. The van der Waals surface area contributed by atoms with Crippen molar-refractivity contribution >= 4 is 29.4 Å². The van der Waals surface area contributed by atoms with Crippen molar-refractivity contribution in [2.75, 3.05) is 6.54 Å². The first-order valence-electron chi connectivity index (χ1n) is 5.75. The Morgan fingerprint density at radius 1 is 1.17 bits per heavy atom. The van der Waals surface area contributed by atoms with E-state index in [9.17, 15) is 13.2 Å². The highest BCUT2D eigenvalue weighted by atomic mass is 32.2. The number of nitrogens with zero attached hydrogens (tertiary/aromatic N) is 1. The highest BCUT2D eigenvalue weighted by Crippen LogP contribution is 2.29. The molecule has 0 atom stereocenters. The van der Waals surface area contributed by atoms with E-state index in [4.69, 9.17) is 0 Å². The highest BCUT2D eigenvalue weighted by Gasteiger charge is 2.40. The first kappa shape index (κ1) is 15.0. The van der Waals surface area contributed by atoms with Gasteiger partial charge in [-0.3, -0.25) is 4.79 Å². The molecule has 2 rings (SSSR count). The van der Waals surface area contributed by atoms with Crippen LogP contribution in [0, 0.1) is 0 Å². The maximum Gasteiger partial charge on any atom is 0.269 e. The summed E-state index contributed by atoms with van der Waals surface area (Å²) in [7, 11) is -3.59. The zero-order chi connectivity index (χ0) is 12.5. The predicted molar refractivity (Wildman–Crippen MR) is 74.6 cm³/mol. The van der Waals surface area contributed by atoms with Gasteiger partial charge >= 0.3 is 0 Å². The van der Waals surface area contributed by atoms with E-state index in [0.29, 0.717) is 5.56 Å². The number of hydrogen-bond donors (Lipinski definition) is 0. The first-order valence-corrected chi connectivity index (χ1v) is 7.19. The second-order valence-electron chi connectivity index (χ2n) is 4.09. The fourth-order valence-electron chi connectivity index (χ4n) is 1.96. The molecule has 0 unspecified atom stereocenters. The summed E-state index contributed by atoms with van der Waals surface area (Å²) in [6.45, 7) is 2.32. The van der Waals surface area contributed by atoms with Gasteiger partial charge in [-0.05, 0) is 18.6 Å². The normalized spacial score (nSPS) is 16.3. The van der Waals surface area contributed by atoms with Gasteiger partial charge in [-0.15, -0.1) is 0 Å². The molecule has 100 valence electrons. The third kappa shape index (κ3) is 2.40. The van der Waals surface area contributed by atoms with Gasteiger partial charge in [0.1, 0.15) is 4.90 Å². The lowest BCUT2D eigenvalue weighted by molar-refractivity contribution is 0.0869. The molecule has 0 N–H and O–H groups in total. The van der Waals surface area contributed by atoms with Crippen LogP contribution in [0.15, 0.2) is 29.2 Å². The molecule has 0 fully saturated rings. The Hall–Kier alpha value is -1.01. The van der Waals surface area contributed by atoms with Crippen LogP contribution in [0.5, 0.6) is 0 Å². The van der Waals surface area contributed by atoms with E-state index in [1.165, 1.54) is 6.07 Å². The quantitative estimate of drug-likeness (QED) is 0.797. The zero-order valence-corrected chi connectivity index (χ0v) is 12.0. The summed E-state index contributed by atoms with van der Waals surface area (Å²) in [4.78, 5) is 12.1. The summed E-state index contributed by atoms with van der Waals surface area (Å²) < 4.78 is 25.2. The van der Waals surface area contributed by atoms with Gasteiger partial charge in [-0.1, -0.05) is 31.9 Å². The topological polar surface area (TPSA) is 54.5 Å². The molecule has 0 radical (unpaired) electrons. The number of carbonyl (C=O) groups is 1. The molecule has 1 aliphatic heterocycles. The van der Waals surface area contributed by atoms with Crippen LogP contribution in [-0.2, 0) is 10.0 Å². The summed E-state index contributed by atoms with van der Waals surface area (Å²) in [6, 6.07) is 6.37. The molecule has 1 heterocycles. The van der Waals surface area contributed by atoms with Gasteiger partial charge in [0.2, 0.25) is 0 Å². The van der Waals surface area contributed by atoms with Crippen molar-refractivity contribution in [1.29, 1.82) is 0 Å². The highest BCUT2D eigenvalue weighted by molar-refractivity contribution is 7.90. The van der Waals surface area contributed by atoms with Crippen molar-refractivity contribution < 1.29 is 13.2 Å². The largest absolute Gasteiger partial charge is 0.269 e. The number of hydrogen-bond acceptors (Lipinski definition) is 3. The van der Waals surface area contributed by atoms with Gasteiger partial charge in [-0.25, -0.2) is 12.7 Å². The second-order valence-corrected chi connectivity index (χ2v) is 5.92. The molecule has 0 aliphatic carbocycles. The molecule has 0 saturated carbocycles. The molecule has 1 aromatic rings. The molecular weight excluding hydrogens is 270 g/mol. The fraction of sp³-hybridized carbons (Fsp3) is 0.417. The number of amides is 1. The van der Waals surface area contributed by atoms with E-state index >= 15 is 0 Å². The van der Waals surface area contributed by atoms with Crippen molar-refractivity contribution in [3.8, 4) is 0 Å². The molecule has 0 bridgehead atoms. The lowest BCUT2D eigenvalue weighted by Gasteiger charge is -2.14. The molecule has 18 heavy (non-hydrogen) atoms. The maximum atomic E-state index is 12.1. The third-order valence-electron chi connectivity index (χ3n) is 2.88. The number of unbranched alkanes of at least 4 members (excludes halogenated alkanes) is 2. The van der Waals surface area contributed by atoms with Crippen molar-refractivity contribution in [2.24, 2.45) is 0 Å². The Morgan fingerprint density at radius 3 is 2.44 bits per heavy atom. The van der Waals surface area contributed by atoms with Crippen molar-refractivity contribution in [3.05, 3.63) is 29.8 Å². The van der Waals surface area contributed by atoms with Crippen LogP contribution in [-0.4, -0.2) is 25.2 Å². The summed E-state index contributed by atoms with van der Waals surface area (Å²) >= 11 is 0. The summed E-state index contributed by atoms with van der Waals surface area (Å²) in [5.74, 6) is -0.392. The number of benzene rings is 1. The van der Waals surface area contributed by atoms with Crippen molar-refractivity contribution in [1.82, 2.24) is 4.31 Å². The molecule has 0 spiro atoms. The van der Waals surface area contributed by atoms with Gasteiger partial charge in [0, 0.05) is 6.54 Å². The predicted octanol–water partition coefficient (Wildman–Crippen LogP) is 2.13. The van der Waals surface area contributed by atoms with Crippen molar-refractivity contribution in [2.45, 2.75) is 31.1 Å². The Kier molecular flexibility index (Phi) is 4.81. The van der Waals surface area contributed by atoms with Crippen LogP contribution in [0.3, 0.4) is 0 Å². The van der Waals surface area contributed by atoms with Crippen LogP contribution in [0.2, 0.25) is 0 Å². The van der Waals surface area contributed by atoms with E-state index < -0.39 is 15.9 Å². The Bertz CT molecular complexity index is 540. The van der Waals surface area contributed by atoms with Crippen LogP contribution in [0.25, 0.3) is 0 Å². The van der Waals surface area contributed by atoms with Crippen LogP contribution >= 0.6 is 13.5 Å². The summed E-state index contributed by atoms with van der Waals surface area (Å²) in [5.41, 5.74) is 0.295. The van der Waals surface area contributed by atoms with Crippen LogP contribution in [0.4, 0.5) is 0 Å². The molecule has 0 saturated heterocycles. The Labute approximate surface area is 114 Å². The van der Waals surface area contributed by atoms with Gasteiger partial charge in [0.05, 0.1) is 5.56 Å². The van der Waals surface area contributed by atoms with E-state index in [1.807, 2.05) is 6.92 Å². The smallest absolute Gasteiger partial charge is 0.268 e. The second kappa shape index (κ2) is 5.75. The van der Waals surface area contributed by atoms with E-state index in [-0.39, 0.29) is 24.9 Å². The average Bonchev–Trinajstić information content (AvgIpc) is 2.51. The van der Waals surface area contributed by atoms with Crippen LogP contribution < -0.4 is 0 Å². The summed E-state index contributed by atoms with van der Waals surface area (Å²) in [6.07, 6.45) is 2.64. The lowest BCUT2D eigenvalue weighted by atomic mass is 10.2. The number of sulfonamides is 1. The first-order chi connectivity index (χ1) is 8.09. The van der Waals surface area contributed by atoms with Gasteiger partial charge < -0.3 is 0 Å². The zero-order valence-electron chi connectivity index (χ0n) is 10.2. The van der Waals surface area contributed by atoms with Gasteiger partial charge in [0.15, 0.2) is 0 Å². The van der Waals surface area contributed by atoms with Crippen molar-refractivity contribution in [3.63, 3.8) is 0 Å². The van der Waals surface area contributed by atoms with Gasteiger partial charge in [-0.2, -0.15) is 13.5 Å². The number of fused-ring (bicyclic) bond motifs is 1. The number of carbonyl (C=O) groups excluding carboxylic acids is 1. The monoisotopic (exact) mass is 287 g/mol. The minimum Gasteiger partial charge on any atom is -0.268 e. The Morgan fingerprint density at radius 2 is 1.83 bits per heavy atom. The number of rotatable bonds is 4. The van der Waals surface area contributed by atoms with E-state index in [2.05, 4.69) is 0 Å². The minimum absolute atomic E-state index is 0. The molecule has 1 amide bonds. The molecular formula is C12H17NO3S2. The molecule has 1 aliphatic rings. The maximum absolute atomic E-state index is 12.1. The standard InChI is InChI=1S/C12H15NO3S.H2S/c1-2-3-6-9-13-12(14)10-7-4-5-8-11(10)17(13,15)16;/h4-5,7-8H,2-3,6,9H2,1H3;1H2. The Balaban J connectivity index is 0.00000162. The van der Waals surface area contributed by atoms with Crippen LogP contribution in [0.1, 0.15) is 36.5 Å². The molecule has 1 aromatic carbocycles. The third-order valence-corrected chi connectivity index (χ3v) is 4.72. The molecule has 4 nitrogen and oxygen atoms in total. The fourth-order valence-corrected chi connectivity index (χ4v) is 3.56. The van der Waals surface area contributed by atoms with Gasteiger partial charge in [0.25, 0.3) is 15.9 Å².